The normalized spacial score (nSPS) is 10.8. The van der Waals surface area contributed by atoms with Crippen LogP contribution in [0, 0.1) is 0 Å². The number of aryl methyl sites for hydroxylation is 1. The minimum absolute atomic E-state index is 0.364. The Morgan fingerprint density at radius 2 is 1.24 bits per heavy atom. The third-order valence-corrected chi connectivity index (χ3v) is 6.10. The van der Waals surface area contributed by atoms with Gasteiger partial charge in [0.15, 0.2) is 11.9 Å². The molecule has 0 aliphatic rings. The van der Waals surface area contributed by atoms with Crippen molar-refractivity contribution in [2.24, 2.45) is 7.05 Å². The van der Waals surface area contributed by atoms with Gasteiger partial charge in [0, 0.05) is 12.1 Å². The van der Waals surface area contributed by atoms with E-state index in [1.165, 1.54) is 16.3 Å². The van der Waals surface area contributed by atoms with E-state index >= 15 is 0 Å². The standard InChI is InChI=1S/C19H19NP/c1-20-15-9-8-10-17(20)16-21(18-11-4-2-5-12-18)19-13-6-3-7-14-19/h2-15H,16H2,1H3/q+1. The fourth-order valence-electron chi connectivity index (χ4n) is 2.43. The fourth-order valence-corrected chi connectivity index (χ4v) is 4.81. The molecule has 0 saturated carbocycles. The average Bonchev–Trinajstić information content (AvgIpc) is 2.56. The van der Waals surface area contributed by atoms with E-state index in [-0.39, 0.29) is 7.92 Å². The fraction of sp³-hybridized carbons (Fsp3) is 0.105. The van der Waals surface area contributed by atoms with E-state index < -0.39 is 0 Å². The van der Waals surface area contributed by atoms with E-state index in [1.54, 1.807) is 0 Å². The molecule has 0 fully saturated rings. The molecular formula is C19H19NP+. The quantitative estimate of drug-likeness (QED) is 0.514. The molecule has 0 radical (unpaired) electrons. The molecule has 104 valence electrons. The lowest BCUT2D eigenvalue weighted by atomic mass is 10.4. The monoisotopic (exact) mass is 292 g/mol. The molecule has 0 amide bonds. The first-order valence-electron chi connectivity index (χ1n) is 7.16. The molecule has 0 aliphatic heterocycles. The summed E-state index contributed by atoms with van der Waals surface area (Å²) >= 11 is 0. The first kappa shape index (κ1) is 14.0. The smallest absolute Gasteiger partial charge is 0.185 e. The Morgan fingerprint density at radius 1 is 0.714 bits per heavy atom. The van der Waals surface area contributed by atoms with Gasteiger partial charge in [-0.15, -0.1) is 0 Å². The van der Waals surface area contributed by atoms with Gasteiger partial charge >= 0.3 is 0 Å². The Morgan fingerprint density at radius 3 is 1.76 bits per heavy atom. The molecule has 3 rings (SSSR count). The summed E-state index contributed by atoms with van der Waals surface area (Å²) in [5.41, 5.74) is 1.37. The van der Waals surface area contributed by atoms with Crippen molar-refractivity contribution in [1.82, 2.24) is 0 Å². The molecule has 3 aromatic rings. The van der Waals surface area contributed by atoms with E-state index in [0.29, 0.717) is 0 Å². The summed E-state index contributed by atoms with van der Waals surface area (Å²) in [6, 6.07) is 28.2. The van der Waals surface area contributed by atoms with E-state index in [9.17, 15) is 0 Å². The predicted octanol–water partition coefficient (Wildman–Crippen LogP) is 3.14. The molecular weight excluding hydrogens is 273 g/mol. The first-order valence-corrected chi connectivity index (χ1v) is 8.68. The zero-order valence-corrected chi connectivity index (χ0v) is 13.1. The summed E-state index contributed by atoms with van der Waals surface area (Å²) in [6.07, 6.45) is 3.19. The van der Waals surface area contributed by atoms with Crippen molar-refractivity contribution in [3.8, 4) is 0 Å². The maximum atomic E-state index is 2.25. The Hall–Kier alpha value is -1.98. The van der Waals surface area contributed by atoms with Crippen LogP contribution in [0.3, 0.4) is 0 Å². The van der Waals surface area contributed by atoms with E-state index in [0.717, 1.165) is 6.16 Å². The maximum absolute atomic E-state index is 2.25. The van der Waals surface area contributed by atoms with Crippen LogP contribution in [0.25, 0.3) is 0 Å². The van der Waals surface area contributed by atoms with Gasteiger partial charge in [-0.1, -0.05) is 66.7 Å². The van der Waals surface area contributed by atoms with Gasteiger partial charge in [-0.2, -0.15) is 0 Å². The highest BCUT2D eigenvalue weighted by molar-refractivity contribution is 7.72. The molecule has 21 heavy (non-hydrogen) atoms. The van der Waals surface area contributed by atoms with Crippen molar-refractivity contribution in [2.45, 2.75) is 6.16 Å². The topological polar surface area (TPSA) is 3.88 Å². The summed E-state index contributed by atoms with van der Waals surface area (Å²) in [6.45, 7) is 0. The van der Waals surface area contributed by atoms with Crippen molar-refractivity contribution in [2.75, 3.05) is 0 Å². The van der Waals surface area contributed by atoms with Crippen LogP contribution in [0.4, 0.5) is 0 Å². The molecule has 0 saturated heterocycles. The summed E-state index contributed by atoms with van der Waals surface area (Å²) in [4.78, 5) is 0. The van der Waals surface area contributed by atoms with Crippen LogP contribution in [0.15, 0.2) is 85.1 Å². The molecule has 2 aromatic carbocycles. The molecule has 2 heteroatoms. The lowest BCUT2D eigenvalue weighted by Gasteiger charge is -2.17. The Labute approximate surface area is 127 Å². The second kappa shape index (κ2) is 6.65. The van der Waals surface area contributed by atoms with E-state index in [4.69, 9.17) is 0 Å². The van der Waals surface area contributed by atoms with Gasteiger partial charge in [-0.05, 0) is 18.5 Å². The second-order valence-corrected chi connectivity index (χ2v) is 7.27. The Balaban J connectivity index is 1.99. The molecule has 0 N–H and O–H groups in total. The summed E-state index contributed by atoms with van der Waals surface area (Å²) in [5, 5.41) is 2.87. The molecule has 0 bridgehead atoms. The van der Waals surface area contributed by atoms with E-state index in [1.807, 2.05) is 0 Å². The summed E-state index contributed by atoms with van der Waals surface area (Å²) in [7, 11) is 1.76. The second-order valence-electron chi connectivity index (χ2n) is 5.06. The third kappa shape index (κ3) is 3.37. The maximum Gasteiger partial charge on any atom is 0.185 e. The number of hydrogen-bond acceptors (Lipinski definition) is 0. The van der Waals surface area contributed by atoms with Gasteiger partial charge in [0.1, 0.15) is 7.05 Å². The zero-order chi connectivity index (χ0) is 14.5. The van der Waals surface area contributed by atoms with Crippen molar-refractivity contribution < 1.29 is 4.57 Å². The predicted molar refractivity (Wildman–Crippen MR) is 90.4 cm³/mol. The van der Waals surface area contributed by atoms with Gasteiger partial charge in [0.05, 0.1) is 6.16 Å². The highest BCUT2D eigenvalue weighted by Gasteiger charge is 2.18. The van der Waals surface area contributed by atoms with Crippen LogP contribution >= 0.6 is 7.92 Å². The summed E-state index contributed by atoms with van der Waals surface area (Å²) < 4.78 is 2.22. The summed E-state index contributed by atoms with van der Waals surface area (Å²) in [5.74, 6) is 0. The average molecular weight is 292 g/mol. The van der Waals surface area contributed by atoms with Crippen LogP contribution in [-0.4, -0.2) is 0 Å². The number of hydrogen-bond donors (Lipinski definition) is 0. The molecule has 0 atom stereocenters. The lowest BCUT2D eigenvalue weighted by molar-refractivity contribution is -0.678. The first-order chi connectivity index (χ1) is 10.3. The van der Waals surface area contributed by atoms with Gasteiger partial charge in [-0.25, -0.2) is 4.57 Å². The number of benzene rings is 2. The Kier molecular flexibility index (Phi) is 4.43. The van der Waals surface area contributed by atoms with E-state index in [2.05, 4.69) is 96.7 Å². The molecule has 1 aromatic heterocycles. The SMILES string of the molecule is C[n+]1ccccc1CP(c1ccccc1)c1ccccc1. The molecule has 0 unspecified atom stereocenters. The molecule has 0 spiro atoms. The van der Waals surface area contributed by atoms with Gasteiger partial charge in [0.25, 0.3) is 0 Å². The highest BCUT2D eigenvalue weighted by atomic mass is 31.1. The molecule has 1 nitrogen and oxygen atoms in total. The van der Waals surface area contributed by atoms with Crippen LogP contribution in [-0.2, 0) is 13.2 Å². The number of aromatic nitrogens is 1. The largest absolute Gasteiger partial charge is 0.205 e. The number of pyridine rings is 1. The zero-order valence-electron chi connectivity index (χ0n) is 12.2. The van der Waals surface area contributed by atoms with Crippen LogP contribution in [0.2, 0.25) is 0 Å². The van der Waals surface area contributed by atoms with Gasteiger partial charge in [0.2, 0.25) is 0 Å². The Bertz CT molecular complexity index is 656. The molecule has 1 heterocycles. The number of nitrogens with zero attached hydrogens (tertiary/aromatic N) is 1. The lowest BCUT2D eigenvalue weighted by Crippen LogP contribution is -2.33. The van der Waals surface area contributed by atoms with Crippen molar-refractivity contribution in [3.63, 3.8) is 0 Å². The third-order valence-electron chi connectivity index (χ3n) is 3.62. The minimum atomic E-state index is -0.364. The highest BCUT2D eigenvalue weighted by Crippen LogP contribution is 2.36. The van der Waals surface area contributed by atoms with Crippen molar-refractivity contribution >= 4 is 18.5 Å². The van der Waals surface area contributed by atoms with Crippen molar-refractivity contribution in [1.29, 1.82) is 0 Å². The van der Waals surface area contributed by atoms with Gasteiger partial charge in [-0.3, -0.25) is 0 Å². The van der Waals surface area contributed by atoms with Crippen LogP contribution < -0.4 is 15.2 Å². The number of rotatable bonds is 4. The molecule has 0 aliphatic carbocycles. The van der Waals surface area contributed by atoms with Crippen LogP contribution in [0.5, 0.6) is 0 Å². The van der Waals surface area contributed by atoms with Crippen molar-refractivity contribution in [3.05, 3.63) is 90.8 Å². The minimum Gasteiger partial charge on any atom is -0.205 e. The van der Waals surface area contributed by atoms with Gasteiger partial charge < -0.3 is 0 Å². The van der Waals surface area contributed by atoms with Crippen LogP contribution in [0.1, 0.15) is 5.69 Å².